The molecule has 2 aromatic rings. The van der Waals surface area contributed by atoms with E-state index in [1.807, 2.05) is 18.3 Å². The molecule has 2 saturated carbocycles. The number of hydrogen-bond donors (Lipinski definition) is 1. The Labute approximate surface area is 136 Å². The molecule has 4 rings (SSSR count). The van der Waals surface area contributed by atoms with Crippen LogP contribution in [0.1, 0.15) is 32.1 Å². The first-order chi connectivity index (χ1) is 11.3. The second kappa shape index (κ2) is 5.87. The molecular formula is C18H23N3O2. The van der Waals surface area contributed by atoms with Crippen LogP contribution in [0.25, 0.3) is 11.0 Å². The van der Waals surface area contributed by atoms with Crippen molar-refractivity contribution >= 4 is 16.9 Å². The molecule has 5 heteroatoms. The lowest BCUT2D eigenvalue weighted by molar-refractivity contribution is 0.354. The summed E-state index contributed by atoms with van der Waals surface area (Å²) in [5, 5.41) is 3.62. The third-order valence-electron chi connectivity index (χ3n) is 5.36. The molecule has 2 aliphatic rings. The third kappa shape index (κ3) is 2.69. The number of hydrogen-bond acceptors (Lipinski definition) is 5. The highest BCUT2D eigenvalue weighted by atomic mass is 16.5. The van der Waals surface area contributed by atoms with Crippen molar-refractivity contribution in [2.24, 2.45) is 11.8 Å². The number of nitrogens with zero attached hydrogens (tertiary/aromatic N) is 2. The van der Waals surface area contributed by atoms with E-state index in [2.05, 4.69) is 10.3 Å². The maximum atomic E-state index is 5.36. The molecule has 0 unspecified atom stereocenters. The van der Waals surface area contributed by atoms with Gasteiger partial charge in [-0.05, 0) is 31.1 Å². The molecule has 0 spiro atoms. The number of rotatable bonds is 4. The summed E-state index contributed by atoms with van der Waals surface area (Å²) in [6.07, 6.45) is 8.61. The van der Waals surface area contributed by atoms with Gasteiger partial charge in [0.05, 0.1) is 31.4 Å². The van der Waals surface area contributed by atoms with E-state index in [-0.39, 0.29) is 0 Å². The van der Waals surface area contributed by atoms with Crippen LogP contribution in [0.4, 0.5) is 5.82 Å². The zero-order chi connectivity index (χ0) is 15.8. The van der Waals surface area contributed by atoms with E-state index in [1.165, 1.54) is 32.1 Å². The van der Waals surface area contributed by atoms with Crippen LogP contribution in [0, 0.1) is 11.8 Å². The Hall–Kier alpha value is -2.04. The molecule has 23 heavy (non-hydrogen) atoms. The Morgan fingerprint density at radius 1 is 1.04 bits per heavy atom. The van der Waals surface area contributed by atoms with Gasteiger partial charge in [-0.25, -0.2) is 4.98 Å². The average Bonchev–Trinajstić information content (AvgIpc) is 2.86. The predicted molar refractivity (Wildman–Crippen MR) is 90.1 cm³/mol. The summed E-state index contributed by atoms with van der Waals surface area (Å²) in [5.41, 5.74) is 1.65. The molecule has 122 valence electrons. The quantitative estimate of drug-likeness (QED) is 0.934. The van der Waals surface area contributed by atoms with Crippen LogP contribution in [-0.2, 0) is 0 Å². The van der Waals surface area contributed by atoms with Gasteiger partial charge in [-0.2, -0.15) is 0 Å². The van der Waals surface area contributed by atoms with Gasteiger partial charge in [0, 0.05) is 18.2 Å². The highest BCUT2D eigenvalue weighted by Gasteiger charge is 2.36. The highest BCUT2D eigenvalue weighted by molar-refractivity contribution is 5.80. The van der Waals surface area contributed by atoms with Crippen molar-refractivity contribution in [3.63, 3.8) is 0 Å². The molecule has 5 nitrogen and oxygen atoms in total. The molecule has 2 aliphatic carbocycles. The van der Waals surface area contributed by atoms with Crippen LogP contribution in [0.5, 0.6) is 11.5 Å². The zero-order valence-corrected chi connectivity index (χ0v) is 13.7. The Balaban J connectivity index is 1.61. The van der Waals surface area contributed by atoms with Crippen molar-refractivity contribution in [1.82, 2.24) is 9.97 Å². The number of anilines is 1. The highest BCUT2D eigenvalue weighted by Crippen LogP contribution is 2.43. The van der Waals surface area contributed by atoms with E-state index in [4.69, 9.17) is 14.5 Å². The molecule has 2 fully saturated rings. The molecular weight excluding hydrogens is 290 g/mol. The van der Waals surface area contributed by atoms with E-state index < -0.39 is 0 Å². The van der Waals surface area contributed by atoms with Crippen LogP contribution in [0.3, 0.4) is 0 Å². The Morgan fingerprint density at radius 3 is 2.57 bits per heavy atom. The molecule has 0 radical (unpaired) electrons. The first kappa shape index (κ1) is 14.5. The molecule has 0 saturated heterocycles. The fraction of sp³-hybridized carbons (Fsp3) is 0.556. The summed E-state index contributed by atoms with van der Waals surface area (Å²) in [6, 6.07) is 4.31. The van der Waals surface area contributed by atoms with Crippen molar-refractivity contribution in [3.05, 3.63) is 18.3 Å². The zero-order valence-electron chi connectivity index (χ0n) is 13.7. The molecule has 1 aromatic heterocycles. The lowest BCUT2D eigenvalue weighted by atomic mass is 9.89. The molecule has 1 N–H and O–H groups in total. The number of nitrogens with one attached hydrogen (secondary N) is 1. The normalized spacial score (nSPS) is 26.3. The summed E-state index contributed by atoms with van der Waals surface area (Å²) in [7, 11) is 3.27. The second-order valence-electron chi connectivity index (χ2n) is 6.73. The van der Waals surface area contributed by atoms with Crippen molar-refractivity contribution in [2.45, 2.75) is 38.1 Å². The minimum absolute atomic E-state index is 0.550. The number of benzene rings is 1. The minimum atomic E-state index is 0.550. The maximum absolute atomic E-state index is 5.36. The second-order valence-corrected chi connectivity index (χ2v) is 6.73. The lowest BCUT2D eigenvalue weighted by Crippen LogP contribution is -2.24. The van der Waals surface area contributed by atoms with Gasteiger partial charge in [0.15, 0.2) is 11.5 Å². The number of aromatic nitrogens is 2. The van der Waals surface area contributed by atoms with E-state index in [9.17, 15) is 0 Å². The van der Waals surface area contributed by atoms with Crippen molar-refractivity contribution in [3.8, 4) is 11.5 Å². The van der Waals surface area contributed by atoms with Crippen molar-refractivity contribution in [2.75, 3.05) is 19.5 Å². The van der Waals surface area contributed by atoms with E-state index >= 15 is 0 Å². The SMILES string of the molecule is COc1cc2ncc(N[C@@H]3C[C@@H]4CCC[C@H]3C4)nc2cc1OC. The summed E-state index contributed by atoms with van der Waals surface area (Å²) < 4.78 is 10.7. The van der Waals surface area contributed by atoms with Crippen LogP contribution in [0.2, 0.25) is 0 Å². The summed E-state index contributed by atoms with van der Waals surface area (Å²) in [4.78, 5) is 9.26. The number of ether oxygens (including phenoxy) is 2. The van der Waals surface area contributed by atoms with Gasteiger partial charge in [0.1, 0.15) is 5.82 Å². The molecule has 2 bridgehead atoms. The van der Waals surface area contributed by atoms with Crippen LogP contribution in [-0.4, -0.2) is 30.2 Å². The lowest BCUT2D eigenvalue weighted by Gasteiger charge is -2.22. The topological polar surface area (TPSA) is 56.3 Å². The minimum Gasteiger partial charge on any atom is -0.493 e. The van der Waals surface area contributed by atoms with Crippen LogP contribution >= 0.6 is 0 Å². The smallest absolute Gasteiger partial charge is 0.163 e. The standard InChI is InChI=1S/C18H23N3O2/c1-22-16-8-14-15(9-17(16)23-2)21-18(10-19-14)20-13-7-11-4-3-5-12(13)6-11/h8-13H,3-7H2,1-2H3,(H,20,21)/t11-,12+,13-/m1/s1. The first-order valence-corrected chi connectivity index (χ1v) is 8.42. The molecule has 0 amide bonds. The molecule has 1 heterocycles. The summed E-state index contributed by atoms with van der Waals surface area (Å²) >= 11 is 0. The van der Waals surface area contributed by atoms with Gasteiger partial charge < -0.3 is 14.8 Å². The predicted octanol–water partition coefficient (Wildman–Crippen LogP) is 3.64. The van der Waals surface area contributed by atoms with Crippen LogP contribution < -0.4 is 14.8 Å². The first-order valence-electron chi connectivity index (χ1n) is 8.42. The van der Waals surface area contributed by atoms with E-state index in [0.29, 0.717) is 17.5 Å². The third-order valence-corrected chi connectivity index (χ3v) is 5.36. The van der Waals surface area contributed by atoms with Crippen molar-refractivity contribution in [1.29, 1.82) is 0 Å². The molecule has 1 aromatic carbocycles. The van der Waals surface area contributed by atoms with Gasteiger partial charge in [0.25, 0.3) is 0 Å². The fourth-order valence-electron chi connectivity index (χ4n) is 4.24. The molecule has 3 atom stereocenters. The number of fused-ring (bicyclic) bond motifs is 3. The summed E-state index contributed by atoms with van der Waals surface area (Å²) in [5.74, 6) is 3.94. The van der Waals surface area contributed by atoms with Gasteiger partial charge in [0.2, 0.25) is 0 Å². The maximum Gasteiger partial charge on any atom is 0.163 e. The molecule has 0 aliphatic heterocycles. The Kier molecular flexibility index (Phi) is 3.71. The Bertz CT molecular complexity index is 719. The van der Waals surface area contributed by atoms with E-state index in [0.717, 1.165) is 28.7 Å². The van der Waals surface area contributed by atoms with Gasteiger partial charge in [-0.3, -0.25) is 4.98 Å². The summed E-state index contributed by atoms with van der Waals surface area (Å²) in [6.45, 7) is 0. The van der Waals surface area contributed by atoms with E-state index in [1.54, 1.807) is 14.2 Å². The van der Waals surface area contributed by atoms with Crippen LogP contribution in [0.15, 0.2) is 18.3 Å². The fourth-order valence-corrected chi connectivity index (χ4v) is 4.24. The van der Waals surface area contributed by atoms with Gasteiger partial charge >= 0.3 is 0 Å². The van der Waals surface area contributed by atoms with Gasteiger partial charge in [-0.15, -0.1) is 0 Å². The Morgan fingerprint density at radius 2 is 1.83 bits per heavy atom. The van der Waals surface area contributed by atoms with Gasteiger partial charge in [-0.1, -0.05) is 12.8 Å². The monoisotopic (exact) mass is 313 g/mol. The van der Waals surface area contributed by atoms with Crippen molar-refractivity contribution < 1.29 is 9.47 Å². The number of methoxy groups -OCH3 is 2. The average molecular weight is 313 g/mol. The largest absolute Gasteiger partial charge is 0.493 e.